The number of aromatic amines is 1. The minimum Gasteiger partial charge on any atom is -0.383 e. The maximum Gasteiger partial charge on any atom is 0.275 e. The highest BCUT2D eigenvalue weighted by Gasteiger charge is 2.24. The number of nitrogens with two attached hydrogens (primary N) is 1. The van der Waals surface area contributed by atoms with Gasteiger partial charge < -0.3 is 15.6 Å². The summed E-state index contributed by atoms with van der Waals surface area (Å²) in [6, 6.07) is 7.36. The number of likely N-dealkylation sites (tertiary alicyclic amines) is 1. The Morgan fingerprint density at radius 1 is 1.37 bits per heavy atom. The van der Waals surface area contributed by atoms with E-state index in [0.29, 0.717) is 49.3 Å². The quantitative estimate of drug-likeness (QED) is 0.662. The number of H-pyrrole nitrogens is 1. The third-order valence-electron chi connectivity index (χ3n) is 5.63. The molecule has 154 valence electrons. The molecule has 3 N–H and O–H groups in total. The molecule has 3 aromatic rings. The van der Waals surface area contributed by atoms with Crippen molar-refractivity contribution >= 4 is 17.2 Å². The molecule has 4 rings (SSSR count). The summed E-state index contributed by atoms with van der Waals surface area (Å²) in [4.78, 5) is 33.3. The van der Waals surface area contributed by atoms with Gasteiger partial charge in [0.1, 0.15) is 23.2 Å². The van der Waals surface area contributed by atoms with Crippen LogP contribution in [-0.4, -0.2) is 43.5 Å². The monoisotopic (exact) mass is 405 g/mol. The van der Waals surface area contributed by atoms with Gasteiger partial charge >= 0.3 is 0 Å². The van der Waals surface area contributed by atoms with Crippen LogP contribution in [0.4, 0.5) is 5.82 Å². The van der Waals surface area contributed by atoms with Crippen LogP contribution in [0.1, 0.15) is 48.6 Å². The van der Waals surface area contributed by atoms with Gasteiger partial charge in [0.25, 0.3) is 5.56 Å². The lowest BCUT2D eigenvalue weighted by Crippen LogP contribution is -2.37. The van der Waals surface area contributed by atoms with Gasteiger partial charge in [0.15, 0.2) is 0 Å². The van der Waals surface area contributed by atoms with Gasteiger partial charge in [-0.05, 0) is 48.9 Å². The molecule has 0 unspecified atom stereocenters. The van der Waals surface area contributed by atoms with Crippen molar-refractivity contribution < 1.29 is 4.79 Å². The number of rotatable bonds is 5. The number of anilines is 1. The van der Waals surface area contributed by atoms with Gasteiger partial charge in [-0.2, -0.15) is 10.4 Å². The minimum absolute atomic E-state index is 0.117. The predicted molar refractivity (Wildman–Crippen MR) is 111 cm³/mol. The van der Waals surface area contributed by atoms with Crippen LogP contribution in [0.3, 0.4) is 0 Å². The van der Waals surface area contributed by atoms with E-state index in [4.69, 9.17) is 11.0 Å². The van der Waals surface area contributed by atoms with Crippen molar-refractivity contribution in [1.29, 1.82) is 5.26 Å². The average molecular weight is 405 g/mol. The highest BCUT2D eigenvalue weighted by atomic mass is 16.2. The maximum atomic E-state index is 12.6. The molecule has 0 aromatic carbocycles. The van der Waals surface area contributed by atoms with Crippen LogP contribution < -0.4 is 11.3 Å². The number of nitrogens with one attached hydrogen (secondary N) is 1. The highest BCUT2D eigenvalue weighted by Crippen LogP contribution is 2.29. The highest BCUT2D eigenvalue weighted by molar-refractivity contribution is 5.76. The molecule has 1 aliphatic rings. The number of carbonyl (C=O) groups is 1. The van der Waals surface area contributed by atoms with E-state index < -0.39 is 0 Å². The summed E-state index contributed by atoms with van der Waals surface area (Å²) in [6.07, 6.45) is 6.72. The largest absolute Gasteiger partial charge is 0.383 e. The van der Waals surface area contributed by atoms with E-state index in [-0.39, 0.29) is 23.2 Å². The molecule has 3 aromatic heterocycles. The second-order valence-corrected chi connectivity index (χ2v) is 7.56. The van der Waals surface area contributed by atoms with Crippen molar-refractivity contribution in [3.05, 3.63) is 57.9 Å². The summed E-state index contributed by atoms with van der Waals surface area (Å²) in [5.74, 6) is 1.22. The third-order valence-corrected chi connectivity index (χ3v) is 5.63. The number of aryl methyl sites for hydroxylation is 1. The van der Waals surface area contributed by atoms with Crippen molar-refractivity contribution in [2.75, 3.05) is 18.8 Å². The van der Waals surface area contributed by atoms with E-state index in [1.165, 1.54) is 0 Å². The number of piperidine rings is 1. The van der Waals surface area contributed by atoms with Gasteiger partial charge in [0.05, 0.1) is 5.56 Å². The number of aromatic nitrogens is 4. The fraction of sp³-hybridized carbons (Fsp3) is 0.381. The number of pyridine rings is 1. The van der Waals surface area contributed by atoms with E-state index >= 15 is 0 Å². The number of fused-ring (bicyclic) bond motifs is 1. The zero-order chi connectivity index (χ0) is 21.1. The first-order chi connectivity index (χ1) is 14.5. The Labute approximate surface area is 173 Å². The van der Waals surface area contributed by atoms with Crippen LogP contribution in [0, 0.1) is 11.3 Å². The van der Waals surface area contributed by atoms with Gasteiger partial charge in [-0.1, -0.05) is 0 Å². The van der Waals surface area contributed by atoms with Crippen molar-refractivity contribution in [3.8, 4) is 6.07 Å². The fourth-order valence-electron chi connectivity index (χ4n) is 3.93. The summed E-state index contributed by atoms with van der Waals surface area (Å²) in [5.41, 5.74) is 7.44. The van der Waals surface area contributed by atoms with Gasteiger partial charge in [0.2, 0.25) is 5.91 Å². The predicted octanol–water partition coefficient (Wildman–Crippen LogP) is 1.60. The smallest absolute Gasteiger partial charge is 0.275 e. The number of nitrogens with zero attached hydrogens (tertiary/aromatic N) is 5. The first kappa shape index (κ1) is 19.6. The van der Waals surface area contributed by atoms with Crippen LogP contribution in [0.5, 0.6) is 0 Å². The molecule has 9 nitrogen and oxygen atoms in total. The molecule has 0 atom stereocenters. The second-order valence-electron chi connectivity index (χ2n) is 7.56. The van der Waals surface area contributed by atoms with E-state index in [1.807, 2.05) is 4.90 Å². The van der Waals surface area contributed by atoms with E-state index in [1.54, 1.807) is 35.1 Å². The van der Waals surface area contributed by atoms with Crippen LogP contribution in [-0.2, 0) is 11.2 Å². The van der Waals surface area contributed by atoms with Crippen LogP contribution in [0.25, 0.3) is 5.52 Å². The Bertz CT molecular complexity index is 1170. The Balaban J connectivity index is 1.28. The molecule has 0 aliphatic carbocycles. The molecule has 0 saturated carbocycles. The molecule has 1 amide bonds. The lowest BCUT2D eigenvalue weighted by atomic mass is 9.89. The maximum absolute atomic E-state index is 12.6. The average Bonchev–Trinajstić information content (AvgIpc) is 3.23. The topological polar surface area (TPSA) is 133 Å². The normalized spacial score (nSPS) is 14.7. The SMILES string of the molecule is N#Cc1cc(C2CCN(C(=O)CCCc3nn4cccc4c(=O)[nH]3)CC2)cnc1N. The Kier molecular flexibility index (Phi) is 5.48. The molecule has 1 saturated heterocycles. The summed E-state index contributed by atoms with van der Waals surface area (Å²) in [6.45, 7) is 1.36. The number of hydrogen-bond donors (Lipinski definition) is 2. The Morgan fingerprint density at radius 2 is 2.17 bits per heavy atom. The van der Waals surface area contributed by atoms with E-state index in [2.05, 4.69) is 21.1 Å². The molecule has 0 spiro atoms. The molecule has 9 heteroatoms. The van der Waals surface area contributed by atoms with Crippen molar-refractivity contribution in [2.24, 2.45) is 0 Å². The number of nitriles is 1. The van der Waals surface area contributed by atoms with Crippen LogP contribution in [0.2, 0.25) is 0 Å². The first-order valence-corrected chi connectivity index (χ1v) is 10.0. The number of hydrogen-bond acceptors (Lipinski definition) is 6. The molecule has 1 aliphatic heterocycles. The summed E-state index contributed by atoms with van der Waals surface area (Å²) < 4.78 is 1.56. The summed E-state index contributed by atoms with van der Waals surface area (Å²) >= 11 is 0. The molecule has 4 heterocycles. The summed E-state index contributed by atoms with van der Waals surface area (Å²) in [7, 11) is 0. The summed E-state index contributed by atoms with van der Waals surface area (Å²) in [5, 5.41) is 13.5. The van der Waals surface area contributed by atoms with Crippen molar-refractivity contribution in [1.82, 2.24) is 24.5 Å². The van der Waals surface area contributed by atoms with Gasteiger partial charge in [-0.25, -0.2) is 9.50 Å². The number of amides is 1. The van der Waals surface area contributed by atoms with Crippen molar-refractivity contribution in [2.45, 2.75) is 38.0 Å². The first-order valence-electron chi connectivity index (χ1n) is 10.0. The molecule has 1 fully saturated rings. The third kappa shape index (κ3) is 4.03. The minimum atomic E-state index is -0.171. The number of nitrogen functional groups attached to an aromatic ring is 1. The lowest BCUT2D eigenvalue weighted by molar-refractivity contribution is -0.132. The Hall–Kier alpha value is -3.67. The van der Waals surface area contributed by atoms with Crippen molar-refractivity contribution in [3.63, 3.8) is 0 Å². The van der Waals surface area contributed by atoms with Crippen LogP contribution in [0.15, 0.2) is 35.4 Å². The Morgan fingerprint density at radius 3 is 2.93 bits per heavy atom. The zero-order valence-electron chi connectivity index (χ0n) is 16.5. The van der Waals surface area contributed by atoms with Crippen LogP contribution >= 0.6 is 0 Å². The number of carbonyl (C=O) groups excluding carboxylic acids is 1. The van der Waals surface area contributed by atoms with Gasteiger partial charge in [-0.15, -0.1) is 0 Å². The molecular formula is C21H23N7O2. The standard InChI is InChI=1S/C21H23N7O2/c22-12-15-11-16(13-24-20(15)23)14-6-9-27(10-7-14)19(29)5-1-4-18-25-21(30)17-3-2-8-28(17)26-18/h2-3,8,11,13-14H,1,4-7,9-10H2,(H2,23,24)(H,25,26,30). The fourth-order valence-corrected chi connectivity index (χ4v) is 3.93. The van der Waals surface area contributed by atoms with Gasteiger partial charge in [-0.3, -0.25) is 9.59 Å². The second kappa shape index (κ2) is 8.37. The molecule has 0 radical (unpaired) electrons. The molecule has 30 heavy (non-hydrogen) atoms. The molecular weight excluding hydrogens is 382 g/mol. The zero-order valence-corrected chi connectivity index (χ0v) is 16.5. The van der Waals surface area contributed by atoms with E-state index in [0.717, 1.165) is 18.4 Å². The molecule has 0 bridgehead atoms. The van der Waals surface area contributed by atoms with Gasteiger partial charge in [0, 0.05) is 38.3 Å². The lowest BCUT2D eigenvalue weighted by Gasteiger charge is -2.32. The van der Waals surface area contributed by atoms with E-state index in [9.17, 15) is 9.59 Å².